The van der Waals surface area contributed by atoms with Crippen molar-refractivity contribution in [2.24, 2.45) is 17.8 Å². The molecule has 1 saturated heterocycles. The van der Waals surface area contributed by atoms with E-state index in [9.17, 15) is 4.79 Å². The Balaban J connectivity index is 1.81. The second kappa shape index (κ2) is 2.94. The lowest BCUT2D eigenvalue weighted by atomic mass is 9.94. The highest BCUT2D eigenvalue weighted by Crippen LogP contribution is 2.46. The third-order valence-corrected chi connectivity index (χ3v) is 2.94. The predicted octanol–water partition coefficient (Wildman–Crippen LogP) is 1.25. The molecule has 11 heavy (non-hydrogen) atoms. The van der Waals surface area contributed by atoms with E-state index in [1.165, 1.54) is 12.8 Å². The summed E-state index contributed by atoms with van der Waals surface area (Å²) in [5, 5.41) is 0. The Morgan fingerprint density at radius 1 is 1.27 bits per heavy atom. The fourth-order valence-corrected chi connectivity index (χ4v) is 2.08. The van der Waals surface area contributed by atoms with Gasteiger partial charge >= 0.3 is 0 Å². The lowest BCUT2D eigenvalue weighted by Gasteiger charge is -2.21. The SMILES string of the molecule is O=C[C@@H]1C[C@@H]1C1CCOCC1. The minimum Gasteiger partial charge on any atom is -0.381 e. The van der Waals surface area contributed by atoms with Crippen LogP contribution in [0.1, 0.15) is 19.3 Å². The van der Waals surface area contributed by atoms with Crippen molar-refractivity contribution in [1.82, 2.24) is 0 Å². The minimum atomic E-state index is 0.401. The van der Waals surface area contributed by atoms with E-state index in [2.05, 4.69) is 0 Å². The Hall–Kier alpha value is -0.370. The first-order valence-electron chi connectivity index (χ1n) is 4.45. The zero-order valence-electron chi connectivity index (χ0n) is 6.66. The van der Waals surface area contributed by atoms with Crippen molar-refractivity contribution in [2.75, 3.05) is 13.2 Å². The van der Waals surface area contributed by atoms with Gasteiger partial charge in [-0.25, -0.2) is 0 Å². The monoisotopic (exact) mass is 154 g/mol. The molecule has 2 fully saturated rings. The van der Waals surface area contributed by atoms with Gasteiger partial charge in [0.1, 0.15) is 6.29 Å². The van der Waals surface area contributed by atoms with Crippen molar-refractivity contribution in [3.05, 3.63) is 0 Å². The summed E-state index contributed by atoms with van der Waals surface area (Å²) in [6.07, 6.45) is 4.62. The van der Waals surface area contributed by atoms with Crippen molar-refractivity contribution in [3.8, 4) is 0 Å². The normalized spacial score (nSPS) is 38.5. The van der Waals surface area contributed by atoms with E-state index in [-0.39, 0.29) is 0 Å². The maximum atomic E-state index is 10.4. The van der Waals surface area contributed by atoms with Crippen LogP contribution >= 0.6 is 0 Å². The molecule has 2 nitrogen and oxygen atoms in total. The van der Waals surface area contributed by atoms with Crippen LogP contribution in [0.5, 0.6) is 0 Å². The third-order valence-electron chi connectivity index (χ3n) is 2.94. The molecule has 2 atom stereocenters. The van der Waals surface area contributed by atoms with Gasteiger partial charge in [-0.1, -0.05) is 0 Å². The predicted molar refractivity (Wildman–Crippen MR) is 41.2 cm³/mol. The lowest BCUT2D eigenvalue weighted by Crippen LogP contribution is -2.17. The van der Waals surface area contributed by atoms with Gasteiger partial charge in [0.15, 0.2) is 0 Å². The van der Waals surface area contributed by atoms with Crippen LogP contribution in [-0.4, -0.2) is 19.5 Å². The molecule has 2 heteroatoms. The quantitative estimate of drug-likeness (QED) is 0.559. The number of aldehydes is 1. The molecule has 0 aromatic heterocycles. The third kappa shape index (κ3) is 1.45. The van der Waals surface area contributed by atoms with Crippen LogP contribution in [0.3, 0.4) is 0 Å². The van der Waals surface area contributed by atoms with Crippen molar-refractivity contribution < 1.29 is 9.53 Å². The van der Waals surface area contributed by atoms with Crippen LogP contribution in [0, 0.1) is 17.8 Å². The zero-order valence-corrected chi connectivity index (χ0v) is 6.66. The maximum absolute atomic E-state index is 10.4. The summed E-state index contributed by atoms with van der Waals surface area (Å²) in [4.78, 5) is 10.4. The van der Waals surface area contributed by atoms with Gasteiger partial charge < -0.3 is 9.53 Å². The molecule has 0 aromatic rings. The first kappa shape index (κ1) is 7.29. The number of hydrogen-bond donors (Lipinski definition) is 0. The van der Waals surface area contributed by atoms with Gasteiger partial charge in [-0.3, -0.25) is 0 Å². The second-order valence-corrected chi connectivity index (χ2v) is 3.65. The molecule has 0 N–H and O–H groups in total. The van der Waals surface area contributed by atoms with E-state index in [0.717, 1.165) is 37.8 Å². The average Bonchev–Trinajstić information content (AvgIpc) is 2.85. The molecule has 1 heterocycles. The van der Waals surface area contributed by atoms with Crippen LogP contribution in [0.25, 0.3) is 0 Å². The van der Waals surface area contributed by atoms with Gasteiger partial charge in [0, 0.05) is 19.1 Å². The van der Waals surface area contributed by atoms with Crippen molar-refractivity contribution >= 4 is 6.29 Å². The van der Waals surface area contributed by atoms with Crippen LogP contribution in [-0.2, 0) is 9.53 Å². The summed E-state index contributed by atoms with van der Waals surface area (Å²) < 4.78 is 5.26. The second-order valence-electron chi connectivity index (χ2n) is 3.65. The number of carbonyl (C=O) groups excluding carboxylic acids is 1. The molecule has 0 radical (unpaired) electrons. The van der Waals surface area contributed by atoms with E-state index in [0.29, 0.717) is 5.92 Å². The average molecular weight is 154 g/mol. The Morgan fingerprint density at radius 2 is 2.00 bits per heavy atom. The topological polar surface area (TPSA) is 26.3 Å². The van der Waals surface area contributed by atoms with Crippen molar-refractivity contribution in [3.63, 3.8) is 0 Å². The molecule has 1 aliphatic carbocycles. The van der Waals surface area contributed by atoms with Gasteiger partial charge in [0.2, 0.25) is 0 Å². The van der Waals surface area contributed by atoms with Crippen LogP contribution in [0.15, 0.2) is 0 Å². The molecule has 1 saturated carbocycles. The van der Waals surface area contributed by atoms with Crippen molar-refractivity contribution in [1.29, 1.82) is 0 Å². The van der Waals surface area contributed by atoms with Gasteiger partial charge in [0.25, 0.3) is 0 Å². The highest BCUT2D eigenvalue weighted by atomic mass is 16.5. The van der Waals surface area contributed by atoms with E-state index in [1.54, 1.807) is 0 Å². The zero-order chi connectivity index (χ0) is 7.68. The number of ether oxygens (including phenoxy) is 1. The number of rotatable bonds is 2. The molecular formula is C9H14O2. The molecule has 0 spiro atoms. The molecule has 0 bridgehead atoms. The summed E-state index contributed by atoms with van der Waals surface area (Å²) in [5.74, 6) is 1.91. The summed E-state index contributed by atoms with van der Waals surface area (Å²) >= 11 is 0. The maximum Gasteiger partial charge on any atom is 0.123 e. The molecule has 2 rings (SSSR count). The molecular weight excluding hydrogens is 140 g/mol. The van der Waals surface area contributed by atoms with Gasteiger partial charge in [0.05, 0.1) is 0 Å². The highest BCUT2D eigenvalue weighted by molar-refractivity contribution is 5.58. The van der Waals surface area contributed by atoms with Gasteiger partial charge in [-0.05, 0) is 31.1 Å². The molecule has 0 aromatic carbocycles. The van der Waals surface area contributed by atoms with Crippen LogP contribution in [0.2, 0.25) is 0 Å². The number of hydrogen-bond acceptors (Lipinski definition) is 2. The van der Waals surface area contributed by atoms with Gasteiger partial charge in [-0.2, -0.15) is 0 Å². The van der Waals surface area contributed by atoms with Crippen LogP contribution in [0.4, 0.5) is 0 Å². The van der Waals surface area contributed by atoms with Crippen molar-refractivity contribution in [2.45, 2.75) is 19.3 Å². The fourth-order valence-electron chi connectivity index (χ4n) is 2.08. The summed E-state index contributed by atoms with van der Waals surface area (Å²) in [7, 11) is 0. The first-order chi connectivity index (χ1) is 5.42. The van der Waals surface area contributed by atoms with E-state index < -0.39 is 0 Å². The van der Waals surface area contributed by atoms with E-state index in [1.807, 2.05) is 0 Å². The van der Waals surface area contributed by atoms with Gasteiger partial charge in [-0.15, -0.1) is 0 Å². The molecule has 2 aliphatic rings. The molecule has 0 amide bonds. The minimum absolute atomic E-state index is 0.401. The summed E-state index contributed by atoms with van der Waals surface area (Å²) in [5.41, 5.74) is 0. The van der Waals surface area contributed by atoms with E-state index >= 15 is 0 Å². The number of carbonyl (C=O) groups is 1. The molecule has 0 unspecified atom stereocenters. The van der Waals surface area contributed by atoms with Crippen LogP contribution < -0.4 is 0 Å². The largest absolute Gasteiger partial charge is 0.381 e. The summed E-state index contributed by atoms with van der Waals surface area (Å²) in [6.45, 7) is 1.82. The lowest BCUT2D eigenvalue weighted by molar-refractivity contribution is -0.109. The highest BCUT2D eigenvalue weighted by Gasteiger charge is 2.42. The molecule has 62 valence electrons. The Kier molecular flexibility index (Phi) is 1.95. The Morgan fingerprint density at radius 3 is 2.55 bits per heavy atom. The Bertz CT molecular complexity index is 150. The molecule has 1 aliphatic heterocycles. The standard InChI is InChI=1S/C9H14O2/c10-6-8-5-9(8)7-1-3-11-4-2-7/h6-9H,1-5H2/t8-,9+/m0/s1. The smallest absolute Gasteiger partial charge is 0.123 e. The first-order valence-corrected chi connectivity index (χ1v) is 4.45. The fraction of sp³-hybridized carbons (Fsp3) is 0.889. The Labute approximate surface area is 66.9 Å². The summed E-state index contributed by atoms with van der Waals surface area (Å²) in [6, 6.07) is 0. The van der Waals surface area contributed by atoms with E-state index in [4.69, 9.17) is 4.74 Å².